The molecule has 134 valence electrons. The smallest absolute Gasteiger partial charge is 0.239 e. The Labute approximate surface area is 150 Å². The van der Waals surface area contributed by atoms with E-state index >= 15 is 0 Å². The topological polar surface area (TPSA) is 93.4 Å². The van der Waals surface area contributed by atoms with Crippen molar-refractivity contribution in [1.82, 2.24) is 0 Å². The summed E-state index contributed by atoms with van der Waals surface area (Å²) in [5.41, 5.74) is 0.499. The van der Waals surface area contributed by atoms with Crippen LogP contribution in [0.4, 0.5) is 5.69 Å². The molecule has 1 aromatic heterocycles. The number of fused-ring (bicyclic) bond motifs is 1. The first-order valence-electron chi connectivity index (χ1n) is 8.03. The minimum absolute atomic E-state index is 0.0637. The number of nitrogens with one attached hydrogen (secondary N) is 1. The Morgan fingerprint density at radius 3 is 2.38 bits per heavy atom. The standard InChI is InChI=1S/C19H17NO5S/c1-2-26(23,24)12-16(21)20-17-18(22)14-10-6-7-11-15(14)25-19(17)13-8-4-3-5-9-13/h3-11H,2,12H2,1H3,(H,20,21). The van der Waals surface area contributed by atoms with Gasteiger partial charge in [-0.05, 0) is 12.1 Å². The second-order valence-corrected chi connectivity index (χ2v) is 8.08. The van der Waals surface area contributed by atoms with E-state index in [2.05, 4.69) is 5.32 Å². The quantitative estimate of drug-likeness (QED) is 0.744. The van der Waals surface area contributed by atoms with Crippen LogP contribution in [0.25, 0.3) is 22.3 Å². The molecule has 0 atom stereocenters. The SMILES string of the molecule is CCS(=O)(=O)CC(=O)Nc1c(-c2ccccc2)oc2ccccc2c1=O. The molecule has 6 nitrogen and oxygen atoms in total. The number of hydrogen-bond acceptors (Lipinski definition) is 5. The first kappa shape index (κ1) is 17.9. The van der Waals surface area contributed by atoms with Crippen molar-refractivity contribution >= 4 is 32.4 Å². The van der Waals surface area contributed by atoms with E-state index in [9.17, 15) is 18.0 Å². The van der Waals surface area contributed by atoms with Crippen LogP contribution in [-0.2, 0) is 14.6 Å². The number of anilines is 1. The molecule has 2 aromatic carbocycles. The lowest BCUT2D eigenvalue weighted by Gasteiger charge is -2.11. The molecule has 1 N–H and O–H groups in total. The molecule has 1 amide bonds. The lowest BCUT2D eigenvalue weighted by atomic mass is 10.1. The van der Waals surface area contributed by atoms with Crippen LogP contribution in [0.5, 0.6) is 0 Å². The van der Waals surface area contributed by atoms with Crippen LogP contribution in [0, 0.1) is 0 Å². The predicted octanol–water partition coefficient (Wildman–Crippen LogP) is 2.83. The van der Waals surface area contributed by atoms with E-state index in [0.717, 1.165) is 0 Å². The molecule has 7 heteroatoms. The van der Waals surface area contributed by atoms with Crippen LogP contribution in [0.3, 0.4) is 0 Å². The van der Waals surface area contributed by atoms with Crippen molar-refractivity contribution in [2.75, 3.05) is 16.8 Å². The molecule has 0 bridgehead atoms. The average molecular weight is 371 g/mol. The van der Waals surface area contributed by atoms with Gasteiger partial charge in [0.2, 0.25) is 11.3 Å². The van der Waals surface area contributed by atoms with E-state index in [-0.39, 0.29) is 17.2 Å². The Morgan fingerprint density at radius 2 is 1.69 bits per heavy atom. The number of amides is 1. The molecule has 0 aliphatic heterocycles. The van der Waals surface area contributed by atoms with Gasteiger partial charge in [-0.3, -0.25) is 9.59 Å². The molecule has 3 rings (SSSR count). The summed E-state index contributed by atoms with van der Waals surface area (Å²) in [7, 11) is -3.52. The number of sulfone groups is 1. The maximum Gasteiger partial charge on any atom is 0.239 e. The molecule has 0 unspecified atom stereocenters. The third-order valence-electron chi connectivity index (χ3n) is 3.89. The van der Waals surface area contributed by atoms with E-state index in [1.54, 1.807) is 48.5 Å². The fraction of sp³-hybridized carbons (Fsp3) is 0.158. The van der Waals surface area contributed by atoms with Gasteiger partial charge in [-0.1, -0.05) is 49.4 Å². The van der Waals surface area contributed by atoms with E-state index in [0.29, 0.717) is 16.5 Å². The maximum absolute atomic E-state index is 12.9. The second-order valence-electron chi connectivity index (χ2n) is 5.72. The highest BCUT2D eigenvalue weighted by molar-refractivity contribution is 7.92. The third-order valence-corrected chi connectivity index (χ3v) is 5.47. The van der Waals surface area contributed by atoms with E-state index in [1.165, 1.54) is 6.92 Å². The second kappa shape index (κ2) is 7.13. The molecule has 0 saturated heterocycles. The van der Waals surface area contributed by atoms with Gasteiger partial charge in [0.15, 0.2) is 15.6 Å². The molecule has 26 heavy (non-hydrogen) atoms. The molecule has 0 radical (unpaired) electrons. The number of carbonyl (C=O) groups is 1. The summed E-state index contributed by atoms with van der Waals surface area (Å²) in [4.78, 5) is 25.1. The van der Waals surface area contributed by atoms with Crippen LogP contribution in [0.1, 0.15) is 6.92 Å². The molecule has 3 aromatic rings. The van der Waals surface area contributed by atoms with Crippen molar-refractivity contribution in [3.63, 3.8) is 0 Å². The van der Waals surface area contributed by atoms with Crippen LogP contribution in [0.2, 0.25) is 0 Å². The summed E-state index contributed by atoms with van der Waals surface area (Å²) in [6.45, 7) is 1.46. The summed E-state index contributed by atoms with van der Waals surface area (Å²) in [6, 6.07) is 15.5. The zero-order chi connectivity index (χ0) is 18.7. The van der Waals surface area contributed by atoms with Crippen molar-refractivity contribution in [3.05, 3.63) is 64.8 Å². The van der Waals surface area contributed by atoms with Crippen molar-refractivity contribution in [2.24, 2.45) is 0 Å². The summed E-state index contributed by atoms with van der Waals surface area (Å²) >= 11 is 0. The van der Waals surface area contributed by atoms with Gasteiger partial charge in [-0.2, -0.15) is 0 Å². The van der Waals surface area contributed by atoms with Gasteiger partial charge in [0.25, 0.3) is 0 Å². The van der Waals surface area contributed by atoms with Crippen molar-refractivity contribution in [1.29, 1.82) is 0 Å². The van der Waals surface area contributed by atoms with Gasteiger partial charge in [-0.15, -0.1) is 0 Å². The number of hydrogen-bond donors (Lipinski definition) is 1. The Bertz CT molecular complexity index is 1120. The van der Waals surface area contributed by atoms with Crippen LogP contribution >= 0.6 is 0 Å². The number of carbonyl (C=O) groups excluding carboxylic acids is 1. The maximum atomic E-state index is 12.9. The molecule has 0 aliphatic rings. The van der Waals surface area contributed by atoms with E-state index < -0.39 is 26.9 Å². The summed E-state index contributed by atoms with van der Waals surface area (Å²) in [6.07, 6.45) is 0. The molecule has 1 heterocycles. The normalized spacial score (nSPS) is 11.4. The highest BCUT2D eigenvalue weighted by Crippen LogP contribution is 2.29. The Balaban J connectivity index is 2.15. The number of rotatable bonds is 5. The van der Waals surface area contributed by atoms with Gasteiger partial charge in [0.1, 0.15) is 17.0 Å². The monoisotopic (exact) mass is 371 g/mol. The molecule has 0 saturated carbocycles. The highest BCUT2D eigenvalue weighted by Gasteiger charge is 2.21. The Hall–Kier alpha value is -2.93. The fourth-order valence-electron chi connectivity index (χ4n) is 2.53. The minimum atomic E-state index is -3.52. The molecular formula is C19H17NO5S. The summed E-state index contributed by atoms with van der Waals surface area (Å²) in [5, 5.41) is 2.74. The average Bonchev–Trinajstić information content (AvgIpc) is 2.64. The van der Waals surface area contributed by atoms with Gasteiger partial charge in [0.05, 0.1) is 5.39 Å². The predicted molar refractivity (Wildman–Crippen MR) is 101 cm³/mol. The zero-order valence-electron chi connectivity index (χ0n) is 14.1. The molecule has 0 aliphatic carbocycles. The van der Waals surface area contributed by atoms with E-state index in [4.69, 9.17) is 4.42 Å². The lowest BCUT2D eigenvalue weighted by molar-refractivity contribution is -0.113. The summed E-state index contributed by atoms with van der Waals surface area (Å²) in [5.74, 6) is -1.43. The minimum Gasteiger partial charge on any atom is -0.454 e. The molecule has 0 fully saturated rings. The van der Waals surface area contributed by atoms with E-state index in [1.807, 2.05) is 6.07 Å². The summed E-state index contributed by atoms with van der Waals surface area (Å²) < 4.78 is 29.2. The number of benzene rings is 2. The third kappa shape index (κ3) is 3.67. The van der Waals surface area contributed by atoms with Gasteiger partial charge < -0.3 is 9.73 Å². The van der Waals surface area contributed by atoms with Gasteiger partial charge >= 0.3 is 0 Å². The Kier molecular flexibility index (Phi) is 4.90. The van der Waals surface area contributed by atoms with Crippen molar-refractivity contribution in [2.45, 2.75) is 6.92 Å². The van der Waals surface area contributed by atoms with Crippen molar-refractivity contribution < 1.29 is 17.6 Å². The number of para-hydroxylation sites is 1. The zero-order valence-corrected chi connectivity index (χ0v) is 14.9. The van der Waals surface area contributed by atoms with Crippen LogP contribution < -0.4 is 10.7 Å². The molecular weight excluding hydrogens is 354 g/mol. The van der Waals surface area contributed by atoms with Crippen molar-refractivity contribution in [3.8, 4) is 11.3 Å². The first-order chi connectivity index (χ1) is 12.4. The Morgan fingerprint density at radius 1 is 1.04 bits per heavy atom. The van der Waals surface area contributed by atoms with Crippen LogP contribution in [0.15, 0.2) is 63.8 Å². The first-order valence-corrected chi connectivity index (χ1v) is 9.85. The van der Waals surface area contributed by atoms with Gasteiger partial charge in [0, 0.05) is 11.3 Å². The van der Waals surface area contributed by atoms with Gasteiger partial charge in [-0.25, -0.2) is 8.42 Å². The largest absolute Gasteiger partial charge is 0.454 e. The fourth-order valence-corrected chi connectivity index (χ4v) is 3.20. The lowest BCUT2D eigenvalue weighted by Crippen LogP contribution is -2.27. The molecule has 0 spiro atoms. The van der Waals surface area contributed by atoms with Crippen LogP contribution in [-0.4, -0.2) is 25.8 Å². The highest BCUT2D eigenvalue weighted by atomic mass is 32.2.